The van der Waals surface area contributed by atoms with Crippen LogP contribution in [0.25, 0.3) is 0 Å². The number of aromatic nitrogens is 4. The first-order chi connectivity index (χ1) is 10.3. The van der Waals surface area contributed by atoms with Gasteiger partial charge in [-0.15, -0.1) is 5.10 Å². The molecule has 4 N–H and O–H groups in total. The van der Waals surface area contributed by atoms with E-state index < -0.39 is 0 Å². The predicted octanol–water partition coefficient (Wildman–Crippen LogP) is -1.51. The summed E-state index contributed by atoms with van der Waals surface area (Å²) in [6, 6.07) is 3.62. The average Bonchev–Trinajstić information content (AvgIpc) is 2.56. The molecular weight excluding hydrogens is 270 g/mol. The van der Waals surface area contributed by atoms with Crippen molar-refractivity contribution in [1.82, 2.24) is 19.9 Å². The number of nitrogen functional groups attached to an aromatic ring is 1. The summed E-state index contributed by atoms with van der Waals surface area (Å²) in [6.07, 6.45) is 5.16. The van der Waals surface area contributed by atoms with Gasteiger partial charge in [-0.3, -0.25) is 4.98 Å². The summed E-state index contributed by atoms with van der Waals surface area (Å²) in [6.45, 7) is 3.38. The van der Waals surface area contributed by atoms with E-state index in [0.717, 1.165) is 37.8 Å². The van der Waals surface area contributed by atoms with E-state index in [2.05, 4.69) is 30.0 Å². The highest BCUT2D eigenvalue weighted by atomic mass is 15.5. The van der Waals surface area contributed by atoms with E-state index in [1.54, 1.807) is 24.7 Å². The molecule has 0 radical (unpaired) electrons. The summed E-state index contributed by atoms with van der Waals surface area (Å²) in [4.78, 5) is 14.0. The van der Waals surface area contributed by atoms with Crippen LogP contribution in [0.4, 0.5) is 11.6 Å². The Hall–Kier alpha value is -2.84. The van der Waals surface area contributed by atoms with Crippen molar-refractivity contribution in [3.63, 3.8) is 0 Å². The molecule has 2 aromatic rings. The maximum Gasteiger partial charge on any atom is 0.190 e. The molecule has 1 saturated heterocycles. The summed E-state index contributed by atoms with van der Waals surface area (Å²) in [5.41, 5.74) is 0.428. The first kappa shape index (κ1) is 13.2. The Morgan fingerprint density at radius 2 is 1.71 bits per heavy atom. The highest BCUT2D eigenvalue weighted by molar-refractivity contribution is 5.42. The van der Waals surface area contributed by atoms with Gasteiger partial charge in [0.05, 0.1) is 6.20 Å². The van der Waals surface area contributed by atoms with Crippen LogP contribution in [0.15, 0.2) is 35.8 Å². The number of anilines is 2. The third kappa shape index (κ3) is 2.71. The first-order valence-electron chi connectivity index (χ1n) is 6.63. The number of piperazine rings is 1. The van der Waals surface area contributed by atoms with Crippen LogP contribution in [0.5, 0.6) is 0 Å². The van der Waals surface area contributed by atoms with Gasteiger partial charge in [-0.05, 0) is 12.1 Å². The van der Waals surface area contributed by atoms with Gasteiger partial charge in [-0.1, -0.05) is 0 Å². The molecule has 0 aromatic carbocycles. The molecule has 9 heteroatoms. The van der Waals surface area contributed by atoms with Gasteiger partial charge in [0, 0.05) is 38.6 Å². The minimum absolute atomic E-state index is 0.428. The van der Waals surface area contributed by atoms with Gasteiger partial charge in [-0.25, -0.2) is 4.98 Å². The molecule has 21 heavy (non-hydrogen) atoms. The SMILES string of the molecule is N/N=c1/ccc(N2CCN(c3cnccn3)CC2)nn1N. The summed E-state index contributed by atoms with van der Waals surface area (Å²) < 4.78 is 0. The van der Waals surface area contributed by atoms with Crippen molar-refractivity contribution < 1.29 is 0 Å². The zero-order valence-corrected chi connectivity index (χ0v) is 11.5. The molecule has 0 atom stereocenters. The van der Waals surface area contributed by atoms with Gasteiger partial charge >= 0.3 is 0 Å². The van der Waals surface area contributed by atoms with Crippen LogP contribution in [-0.2, 0) is 0 Å². The lowest BCUT2D eigenvalue weighted by Crippen LogP contribution is -2.47. The lowest BCUT2D eigenvalue weighted by molar-refractivity contribution is 0.624. The highest BCUT2D eigenvalue weighted by Gasteiger charge is 2.19. The van der Waals surface area contributed by atoms with Gasteiger partial charge < -0.3 is 21.5 Å². The molecule has 0 saturated carbocycles. The van der Waals surface area contributed by atoms with Crippen LogP contribution in [0.2, 0.25) is 0 Å². The van der Waals surface area contributed by atoms with Crippen LogP contribution < -0.4 is 27.0 Å². The molecule has 0 aliphatic carbocycles. The molecule has 0 amide bonds. The molecule has 1 aliphatic heterocycles. The molecule has 3 rings (SSSR count). The van der Waals surface area contributed by atoms with Gasteiger partial charge in [-0.2, -0.15) is 9.89 Å². The standard InChI is InChI=1S/C12H17N9/c13-17-10-1-2-11(18-21(10)14)19-5-7-20(8-6-19)12-9-15-3-4-16-12/h1-4,9H,5-8,13-14H2/b17-10-. The quantitative estimate of drug-likeness (QED) is 0.509. The van der Waals surface area contributed by atoms with Crippen LogP contribution in [0, 0.1) is 0 Å². The Morgan fingerprint density at radius 3 is 2.29 bits per heavy atom. The average molecular weight is 287 g/mol. The molecule has 9 nitrogen and oxygen atoms in total. The summed E-state index contributed by atoms with van der Waals surface area (Å²) in [5.74, 6) is 12.7. The third-order valence-corrected chi connectivity index (χ3v) is 3.44. The number of hydrogen-bond acceptors (Lipinski definition) is 8. The third-order valence-electron chi connectivity index (χ3n) is 3.44. The van der Waals surface area contributed by atoms with Gasteiger partial charge in [0.2, 0.25) is 0 Å². The van der Waals surface area contributed by atoms with E-state index in [0.29, 0.717) is 5.49 Å². The Balaban J connectivity index is 1.70. The van der Waals surface area contributed by atoms with E-state index in [4.69, 9.17) is 11.7 Å². The molecular formula is C12H17N9. The second-order valence-corrected chi connectivity index (χ2v) is 4.66. The molecule has 3 heterocycles. The summed E-state index contributed by atoms with van der Waals surface area (Å²) in [7, 11) is 0. The minimum atomic E-state index is 0.428. The van der Waals surface area contributed by atoms with Crippen molar-refractivity contribution in [3.05, 3.63) is 36.2 Å². The van der Waals surface area contributed by atoms with E-state index in [-0.39, 0.29) is 0 Å². The number of nitrogens with zero attached hydrogens (tertiary/aromatic N) is 7. The predicted molar refractivity (Wildman–Crippen MR) is 78.6 cm³/mol. The van der Waals surface area contributed by atoms with Crippen LogP contribution in [-0.4, -0.2) is 46.0 Å². The topological polar surface area (TPSA) is 114 Å². The zero-order valence-electron chi connectivity index (χ0n) is 11.5. The molecule has 1 fully saturated rings. The lowest BCUT2D eigenvalue weighted by Gasteiger charge is -2.35. The molecule has 1 aliphatic rings. The highest BCUT2D eigenvalue weighted by Crippen LogP contribution is 2.15. The van der Waals surface area contributed by atoms with Crippen LogP contribution in [0.3, 0.4) is 0 Å². The van der Waals surface area contributed by atoms with Crippen molar-refractivity contribution in [2.24, 2.45) is 10.9 Å². The van der Waals surface area contributed by atoms with E-state index >= 15 is 0 Å². The zero-order chi connectivity index (χ0) is 14.7. The van der Waals surface area contributed by atoms with Gasteiger partial charge in [0.15, 0.2) is 11.3 Å². The molecule has 110 valence electrons. The maximum absolute atomic E-state index is 5.73. The van der Waals surface area contributed by atoms with Gasteiger partial charge in [0.1, 0.15) is 5.82 Å². The number of hydrogen-bond donors (Lipinski definition) is 2. The second kappa shape index (κ2) is 5.65. The Morgan fingerprint density at radius 1 is 1.00 bits per heavy atom. The monoisotopic (exact) mass is 287 g/mol. The maximum atomic E-state index is 5.73. The van der Waals surface area contributed by atoms with E-state index in [1.807, 2.05) is 6.07 Å². The summed E-state index contributed by atoms with van der Waals surface area (Å²) in [5, 5.41) is 7.81. The van der Waals surface area contributed by atoms with Crippen molar-refractivity contribution in [3.8, 4) is 0 Å². The lowest BCUT2D eigenvalue weighted by atomic mass is 10.3. The second-order valence-electron chi connectivity index (χ2n) is 4.66. The molecule has 0 bridgehead atoms. The largest absolute Gasteiger partial charge is 0.352 e. The van der Waals surface area contributed by atoms with Gasteiger partial charge in [0.25, 0.3) is 0 Å². The van der Waals surface area contributed by atoms with Crippen molar-refractivity contribution in [1.29, 1.82) is 0 Å². The smallest absolute Gasteiger partial charge is 0.190 e. The Labute approximate surface area is 121 Å². The minimum Gasteiger partial charge on any atom is -0.352 e. The Kier molecular flexibility index (Phi) is 3.54. The Bertz CT molecular complexity index is 658. The first-order valence-corrected chi connectivity index (χ1v) is 6.63. The fraction of sp³-hybridized carbons (Fsp3) is 0.333. The van der Waals surface area contributed by atoms with Crippen molar-refractivity contribution in [2.45, 2.75) is 0 Å². The number of rotatable bonds is 2. The van der Waals surface area contributed by atoms with Crippen LogP contribution in [0.1, 0.15) is 0 Å². The summed E-state index contributed by atoms with van der Waals surface area (Å²) >= 11 is 0. The fourth-order valence-corrected chi connectivity index (χ4v) is 2.31. The van der Waals surface area contributed by atoms with Crippen molar-refractivity contribution in [2.75, 3.05) is 41.8 Å². The van der Waals surface area contributed by atoms with E-state index in [1.165, 1.54) is 4.79 Å². The molecule has 0 unspecified atom stereocenters. The van der Waals surface area contributed by atoms with E-state index in [9.17, 15) is 0 Å². The fourth-order valence-electron chi connectivity index (χ4n) is 2.31. The normalized spacial score (nSPS) is 16.3. The van der Waals surface area contributed by atoms with Crippen LogP contribution >= 0.6 is 0 Å². The number of nitrogens with two attached hydrogens (primary N) is 2. The molecule has 0 spiro atoms. The molecule has 2 aromatic heterocycles. The van der Waals surface area contributed by atoms with Crippen molar-refractivity contribution >= 4 is 11.6 Å².